The smallest absolute Gasteiger partial charge is 0.422 e. The van der Waals surface area contributed by atoms with E-state index in [9.17, 15) is 13.2 Å². The van der Waals surface area contributed by atoms with Crippen molar-refractivity contribution in [1.82, 2.24) is 0 Å². The van der Waals surface area contributed by atoms with Crippen molar-refractivity contribution in [3.05, 3.63) is 24.3 Å². The average Bonchev–Trinajstić information content (AvgIpc) is 2.45. The molecule has 0 amide bonds. The van der Waals surface area contributed by atoms with Crippen molar-refractivity contribution < 1.29 is 17.9 Å². The molecule has 118 valence electrons. The van der Waals surface area contributed by atoms with Gasteiger partial charge in [-0.1, -0.05) is 19.8 Å². The minimum Gasteiger partial charge on any atom is -0.484 e. The van der Waals surface area contributed by atoms with Gasteiger partial charge in [0.2, 0.25) is 0 Å². The lowest BCUT2D eigenvalue weighted by atomic mass is 9.83. The van der Waals surface area contributed by atoms with Gasteiger partial charge in [0.1, 0.15) is 5.75 Å². The first-order chi connectivity index (χ1) is 9.92. The number of hydrogen-bond acceptors (Lipinski definition) is 2. The molecule has 5 heteroatoms. The molecule has 0 aliphatic heterocycles. The van der Waals surface area contributed by atoms with Gasteiger partial charge >= 0.3 is 6.18 Å². The maximum Gasteiger partial charge on any atom is 0.422 e. The Morgan fingerprint density at radius 1 is 1.10 bits per heavy atom. The molecule has 1 fully saturated rings. The third kappa shape index (κ3) is 5.86. The van der Waals surface area contributed by atoms with Crippen LogP contribution in [0.4, 0.5) is 18.9 Å². The number of benzene rings is 1. The highest BCUT2D eigenvalue weighted by atomic mass is 19.4. The zero-order valence-electron chi connectivity index (χ0n) is 12.2. The molecule has 0 radical (unpaired) electrons. The molecule has 1 N–H and O–H groups in total. The summed E-state index contributed by atoms with van der Waals surface area (Å²) in [5.41, 5.74) is 0.924. The lowest BCUT2D eigenvalue weighted by Gasteiger charge is -2.26. The lowest BCUT2D eigenvalue weighted by Crippen LogP contribution is -2.20. The number of rotatable bonds is 5. The summed E-state index contributed by atoms with van der Waals surface area (Å²) in [6, 6.07) is 6.66. The summed E-state index contributed by atoms with van der Waals surface area (Å²) in [6.07, 6.45) is 0.782. The summed E-state index contributed by atoms with van der Waals surface area (Å²) >= 11 is 0. The summed E-state index contributed by atoms with van der Waals surface area (Å²) in [5, 5.41) is 3.35. The first kappa shape index (κ1) is 16.0. The number of alkyl halides is 3. The molecular formula is C16H22F3NO. The Morgan fingerprint density at radius 2 is 1.71 bits per heavy atom. The van der Waals surface area contributed by atoms with Crippen molar-refractivity contribution in [2.24, 2.45) is 11.8 Å². The Morgan fingerprint density at radius 3 is 2.29 bits per heavy atom. The molecule has 0 spiro atoms. The largest absolute Gasteiger partial charge is 0.484 e. The molecule has 1 aromatic carbocycles. The molecule has 0 bridgehead atoms. The van der Waals surface area contributed by atoms with Gasteiger partial charge in [-0.25, -0.2) is 0 Å². The van der Waals surface area contributed by atoms with Gasteiger partial charge in [-0.05, 0) is 48.9 Å². The molecule has 2 nitrogen and oxygen atoms in total. The molecule has 21 heavy (non-hydrogen) atoms. The average molecular weight is 301 g/mol. The molecule has 1 aliphatic carbocycles. The first-order valence-electron chi connectivity index (χ1n) is 7.46. The number of hydrogen-bond donors (Lipinski definition) is 1. The Bertz CT molecular complexity index is 422. The summed E-state index contributed by atoms with van der Waals surface area (Å²) in [5.74, 6) is 1.78. The van der Waals surface area contributed by atoms with E-state index in [0.29, 0.717) is 5.92 Å². The van der Waals surface area contributed by atoms with Crippen LogP contribution in [0.5, 0.6) is 5.75 Å². The van der Waals surface area contributed by atoms with Crippen LogP contribution in [-0.2, 0) is 0 Å². The third-order valence-corrected chi connectivity index (χ3v) is 3.99. The molecule has 0 heterocycles. The van der Waals surface area contributed by atoms with Crippen molar-refractivity contribution >= 4 is 5.69 Å². The topological polar surface area (TPSA) is 21.3 Å². The van der Waals surface area contributed by atoms with E-state index in [1.54, 1.807) is 24.3 Å². The lowest BCUT2D eigenvalue weighted by molar-refractivity contribution is -0.153. The zero-order chi connectivity index (χ0) is 15.3. The number of anilines is 1. The van der Waals surface area contributed by atoms with Gasteiger partial charge in [-0.3, -0.25) is 0 Å². The normalized spacial score (nSPS) is 22.9. The SMILES string of the molecule is CC1CCC(CNc2ccc(OCC(F)(F)F)cc2)CC1. The Balaban J connectivity index is 1.74. The quantitative estimate of drug-likeness (QED) is 0.838. The highest BCUT2D eigenvalue weighted by molar-refractivity contribution is 5.46. The molecule has 1 aliphatic rings. The van der Waals surface area contributed by atoms with Crippen molar-refractivity contribution in [2.75, 3.05) is 18.5 Å². The minimum atomic E-state index is -4.30. The van der Waals surface area contributed by atoms with Crippen LogP contribution in [0.15, 0.2) is 24.3 Å². The van der Waals surface area contributed by atoms with Crippen LogP contribution in [-0.4, -0.2) is 19.3 Å². The van der Waals surface area contributed by atoms with Gasteiger partial charge in [0.05, 0.1) is 0 Å². The van der Waals surface area contributed by atoms with Gasteiger partial charge in [0, 0.05) is 12.2 Å². The van der Waals surface area contributed by atoms with Crippen molar-refractivity contribution in [3.8, 4) is 5.75 Å². The third-order valence-electron chi connectivity index (χ3n) is 3.99. The van der Waals surface area contributed by atoms with E-state index in [0.717, 1.165) is 18.2 Å². The molecule has 2 rings (SSSR count). The molecule has 0 unspecified atom stereocenters. The van der Waals surface area contributed by atoms with Crippen molar-refractivity contribution in [3.63, 3.8) is 0 Å². The fourth-order valence-corrected chi connectivity index (χ4v) is 2.63. The predicted molar refractivity (Wildman–Crippen MR) is 77.6 cm³/mol. The second kappa shape index (κ2) is 7.05. The van der Waals surface area contributed by atoms with Crippen molar-refractivity contribution in [2.45, 2.75) is 38.8 Å². The Hall–Kier alpha value is -1.39. The van der Waals surface area contributed by atoms with E-state index in [-0.39, 0.29) is 5.75 Å². The summed E-state index contributed by atoms with van der Waals surface area (Å²) in [4.78, 5) is 0. The van der Waals surface area contributed by atoms with E-state index in [2.05, 4.69) is 17.0 Å². The van der Waals surface area contributed by atoms with Gasteiger partial charge in [0.25, 0.3) is 0 Å². The maximum absolute atomic E-state index is 12.0. The van der Waals surface area contributed by atoms with Crippen LogP contribution in [0.3, 0.4) is 0 Å². The maximum atomic E-state index is 12.0. The predicted octanol–water partition coefficient (Wildman–Crippen LogP) is 4.87. The molecule has 0 aromatic heterocycles. The van der Waals surface area contributed by atoms with Crippen molar-refractivity contribution in [1.29, 1.82) is 0 Å². The van der Waals surface area contributed by atoms with Gasteiger partial charge < -0.3 is 10.1 Å². The second-order valence-corrected chi connectivity index (χ2v) is 5.94. The Kier molecular flexibility index (Phi) is 5.37. The molecular weight excluding hydrogens is 279 g/mol. The van der Waals surface area contributed by atoms with Crippen LogP contribution in [0.1, 0.15) is 32.6 Å². The summed E-state index contributed by atoms with van der Waals surface area (Å²) in [6.45, 7) is 1.97. The minimum absolute atomic E-state index is 0.240. The zero-order valence-corrected chi connectivity index (χ0v) is 12.2. The van der Waals surface area contributed by atoms with E-state index in [4.69, 9.17) is 0 Å². The van der Waals surface area contributed by atoms with Gasteiger partial charge in [0.15, 0.2) is 6.61 Å². The number of nitrogens with one attached hydrogen (secondary N) is 1. The van der Waals surface area contributed by atoms with Crippen LogP contribution in [0, 0.1) is 11.8 Å². The fraction of sp³-hybridized carbons (Fsp3) is 0.625. The van der Waals surface area contributed by atoms with Crippen LogP contribution < -0.4 is 10.1 Å². The van der Waals surface area contributed by atoms with E-state index in [1.807, 2.05) is 0 Å². The number of halogens is 3. The standard InChI is InChI=1S/C16H22F3NO/c1-12-2-4-13(5-3-12)10-20-14-6-8-15(9-7-14)21-11-16(17,18)19/h6-9,12-13,20H,2-5,10-11H2,1H3. The molecule has 1 aromatic rings. The summed E-state index contributed by atoms with van der Waals surface area (Å²) in [7, 11) is 0. The van der Waals surface area contributed by atoms with Crippen LogP contribution in [0.25, 0.3) is 0 Å². The fourth-order valence-electron chi connectivity index (χ4n) is 2.63. The first-order valence-corrected chi connectivity index (χ1v) is 7.46. The second-order valence-electron chi connectivity index (χ2n) is 5.94. The molecule has 0 atom stereocenters. The van der Waals surface area contributed by atoms with E-state index >= 15 is 0 Å². The van der Waals surface area contributed by atoms with Crippen LogP contribution in [0.2, 0.25) is 0 Å². The van der Waals surface area contributed by atoms with Gasteiger partial charge in [-0.2, -0.15) is 13.2 Å². The summed E-state index contributed by atoms with van der Waals surface area (Å²) < 4.78 is 40.8. The highest BCUT2D eigenvalue weighted by Crippen LogP contribution is 2.28. The highest BCUT2D eigenvalue weighted by Gasteiger charge is 2.28. The monoisotopic (exact) mass is 301 g/mol. The van der Waals surface area contributed by atoms with E-state index in [1.165, 1.54) is 25.7 Å². The number of ether oxygens (including phenoxy) is 1. The van der Waals surface area contributed by atoms with Crippen LogP contribution >= 0.6 is 0 Å². The molecule has 0 saturated heterocycles. The van der Waals surface area contributed by atoms with E-state index < -0.39 is 12.8 Å². The molecule has 1 saturated carbocycles. The van der Waals surface area contributed by atoms with Gasteiger partial charge in [-0.15, -0.1) is 0 Å². The Labute approximate surface area is 123 Å².